The van der Waals surface area contributed by atoms with Gasteiger partial charge in [0.1, 0.15) is 0 Å². The summed E-state index contributed by atoms with van der Waals surface area (Å²) in [5.74, 6) is 0. The molecule has 0 bridgehead atoms. The third kappa shape index (κ3) is 5.05. The number of rotatable bonds is 7. The van der Waals surface area contributed by atoms with Gasteiger partial charge in [-0.2, -0.15) is 0 Å². The second-order valence-electron chi connectivity index (χ2n) is 7.17. The van der Waals surface area contributed by atoms with Crippen LogP contribution in [-0.4, -0.2) is 49.8 Å². The molecule has 0 aromatic heterocycles. The number of nitrogens with one attached hydrogen (secondary N) is 1. The summed E-state index contributed by atoms with van der Waals surface area (Å²) < 4.78 is 5.25. The van der Waals surface area contributed by atoms with Crippen LogP contribution in [0, 0.1) is 5.41 Å². The predicted molar refractivity (Wildman–Crippen MR) is 82.6 cm³/mol. The monoisotopic (exact) mass is 270 g/mol. The number of hydrogen-bond donors (Lipinski definition) is 1. The maximum Gasteiger partial charge on any atom is 0.0467 e. The molecule has 0 spiro atoms. The molecule has 1 saturated heterocycles. The van der Waals surface area contributed by atoms with Crippen LogP contribution in [0.5, 0.6) is 0 Å². The Morgan fingerprint density at radius 3 is 2.58 bits per heavy atom. The highest BCUT2D eigenvalue weighted by atomic mass is 16.5. The van der Waals surface area contributed by atoms with E-state index in [1.165, 1.54) is 25.9 Å². The second kappa shape index (κ2) is 7.05. The summed E-state index contributed by atoms with van der Waals surface area (Å²) >= 11 is 0. The van der Waals surface area contributed by atoms with Crippen LogP contribution in [0.4, 0.5) is 0 Å². The first kappa shape index (κ1) is 16.9. The van der Waals surface area contributed by atoms with Crippen molar-refractivity contribution in [3.63, 3.8) is 0 Å². The van der Waals surface area contributed by atoms with Gasteiger partial charge in [-0.05, 0) is 31.6 Å². The van der Waals surface area contributed by atoms with E-state index in [-0.39, 0.29) is 5.54 Å². The van der Waals surface area contributed by atoms with Gasteiger partial charge in [0.25, 0.3) is 0 Å². The normalized spacial score (nSPS) is 29.7. The Kier molecular flexibility index (Phi) is 6.28. The SMILES string of the molecule is CCC1CNC(C)(CC)CN1CC(C)(C)CCOC. The first-order valence-electron chi connectivity index (χ1n) is 7.84. The Morgan fingerprint density at radius 2 is 2.05 bits per heavy atom. The van der Waals surface area contributed by atoms with Crippen LogP contribution in [0.3, 0.4) is 0 Å². The van der Waals surface area contributed by atoms with Gasteiger partial charge in [0, 0.05) is 44.9 Å². The second-order valence-corrected chi connectivity index (χ2v) is 7.17. The van der Waals surface area contributed by atoms with Gasteiger partial charge in [0.15, 0.2) is 0 Å². The fourth-order valence-electron chi connectivity index (χ4n) is 2.96. The van der Waals surface area contributed by atoms with Crippen molar-refractivity contribution in [2.24, 2.45) is 5.41 Å². The topological polar surface area (TPSA) is 24.5 Å². The molecule has 0 aromatic carbocycles. The number of hydrogen-bond acceptors (Lipinski definition) is 3. The zero-order valence-corrected chi connectivity index (χ0v) is 13.9. The highest BCUT2D eigenvalue weighted by Gasteiger charge is 2.36. The maximum atomic E-state index is 5.25. The van der Waals surface area contributed by atoms with Crippen molar-refractivity contribution in [1.29, 1.82) is 0 Å². The fraction of sp³-hybridized carbons (Fsp3) is 1.00. The van der Waals surface area contributed by atoms with E-state index >= 15 is 0 Å². The van der Waals surface area contributed by atoms with E-state index in [0.29, 0.717) is 11.5 Å². The molecule has 0 saturated carbocycles. The third-order valence-corrected chi connectivity index (χ3v) is 4.70. The molecule has 114 valence electrons. The lowest BCUT2D eigenvalue weighted by molar-refractivity contribution is 0.0380. The van der Waals surface area contributed by atoms with Gasteiger partial charge in [0.05, 0.1) is 0 Å². The summed E-state index contributed by atoms with van der Waals surface area (Å²) in [6.45, 7) is 16.0. The lowest BCUT2D eigenvalue weighted by atomic mass is 9.85. The molecular weight excluding hydrogens is 236 g/mol. The molecule has 1 fully saturated rings. The standard InChI is InChI=1S/C16H34N2O/c1-7-14-11-17-16(5,8-2)13-18(14)12-15(3,4)9-10-19-6/h14,17H,7-13H2,1-6H3. The molecule has 2 unspecified atom stereocenters. The van der Waals surface area contributed by atoms with Crippen molar-refractivity contribution in [3.05, 3.63) is 0 Å². The van der Waals surface area contributed by atoms with E-state index in [0.717, 1.165) is 19.6 Å². The third-order valence-electron chi connectivity index (χ3n) is 4.70. The Labute approximate surface area is 120 Å². The molecule has 0 amide bonds. The van der Waals surface area contributed by atoms with Gasteiger partial charge >= 0.3 is 0 Å². The molecule has 1 heterocycles. The zero-order valence-electron chi connectivity index (χ0n) is 13.9. The van der Waals surface area contributed by atoms with Gasteiger partial charge in [-0.15, -0.1) is 0 Å². The average Bonchev–Trinajstić information content (AvgIpc) is 2.36. The summed E-state index contributed by atoms with van der Waals surface area (Å²) in [5.41, 5.74) is 0.610. The fourth-order valence-corrected chi connectivity index (χ4v) is 2.96. The molecule has 0 aliphatic carbocycles. The van der Waals surface area contributed by atoms with E-state index in [1.807, 2.05) is 0 Å². The predicted octanol–water partition coefficient (Wildman–Crippen LogP) is 2.90. The summed E-state index contributed by atoms with van der Waals surface area (Å²) in [4.78, 5) is 2.70. The van der Waals surface area contributed by atoms with Crippen molar-refractivity contribution >= 4 is 0 Å². The molecule has 0 aromatic rings. The number of methoxy groups -OCH3 is 1. The molecule has 0 radical (unpaired) electrons. The first-order valence-corrected chi connectivity index (χ1v) is 7.84. The summed E-state index contributed by atoms with van der Waals surface area (Å²) in [6.07, 6.45) is 3.55. The summed E-state index contributed by atoms with van der Waals surface area (Å²) in [7, 11) is 1.80. The molecule has 1 N–H and O–H groups in total. The highest BCUT2D eigenvalue weighted by Crippen LogP contribution is 2.27. The highest BCUT2D eigenvalue weighted by molar-refractivity contribution is 4.95. The number of nitrogens with zero attached hydrogens (tertiary/aromatic N) is 1. The molecule has 3 heteroatoms. The largest absolute Gasteiger partial charge is 0.385 e. The molecule has 3 nitrogen and oxygen atoms in total. The average molecular weight is 270 g/mol. The van der Waals surface area contributed by atoms with Crippen molar-refractivity contribution in [2.75, 3.05) is 33.4 Å². The summed E-state index contributed by atoms with van der Waals surface area (Å²) in [5, 5.41) is 3.74. The molecule has 2 atom stereocenters. The molecule has 1 rings (SSSR count). The minimum Gasteiger partial charge on any atom is -0.385 e. The van der Waals surface area contributed by atoms with E-state index in [2.05, 4.69) is 44.8 Å². The molecular formula is C16H34N2O. The van der Waals surface area contributed by atoms with E-state index in [9.17, 15) is 0 Å². The quantitative estimate of drug-likeness (QED) is 0.770. The van der Waals surface area contributed by atoms with Gasteiger partial charge in [-0.25, -0.2) is 0 Å². The maximum absolute atomic E-state index is 5.25. The van der Waals surface area contributed by atoms with E-state index in [4.69, 9.17) is 4.74 Å². The Balaban J connectivity index is 2.65. The van der Waals surface area contributed by atoms with Crippen molar-refractivity contribution < 1.29 is 4.74 Å². The van der Waals surface area contributed by atoms with Crippen LogP contribution >= 0.6 is 0 Å². The first-order chi connectivity index (χ1) is 8.86. The van der Waals surface area contributed by atoms with Crippen LogP contribution in [-0.2, 0) is 4.74 Å². The van der Waals surface area contributed by atoms with E-state index in [1.54, 1.807) is 7.11 Å². The van der Waals surface area contributed by atoms with Crippen molar-refractivity contribution in [1.82, 2.24) is 10.2 Å². The minimum atomic E-state index is 0.281. The van der Waals surface area contributed by atoms with Gasteiger partial charge < -0.3 is 10.1 Å². The Bertz CT molecular complexity index is 267. The van der Waals surface area contributed by atoms with Crippen LogP contribution in [0.15, 0.2) is 0 Å². The smallest absolute Gasteiger partial charge is 0.0467 e. The summed E-state index contributed by atoms with van der Waals surface area (Å²) in [6, 6.07) is 0.682. The zero-order chi connectivity index (χ0) is 14.5. The van der Waals surface area contributed by atoms with Gasteiger partial charge in [0.2, 0.25) is 0 Å². The van der Waals surface area contributed by atoms with Crippen LogP contribution in [0.1, 0.15) is 53.9 Å². The molecule has 1 aliphatic heterocycles. The van der Waals surface area contributed by atoms with Crippen LogP contribution in [0.2, 0.25) is 0 Å². The Hall–Kier alpha value is -0.120. The lowest BCUT2D eigenvalue weighted by Gasteiger charge is -2.48. The van der Waals surface area contributed by atoms with E-state index < -0.39 is 0 Å². The van der Waals surface area contributed by atoms with Crippen LogP contribution in [0.25, 0.3) is 0 Å². The van der Waals surface area contributed by atoms with Crippen molar-refractivity contribution in [3.8, 4) is 0 Å². The lowest BCUT2D eigenvalue weighted by Crippen LogP contribution is -2.63. The van der Waals surface area contributed by atoms with Gasteiger partial charge in [-0.1, -0.05) is 27.7 Å². The molecule has 1 aliphatic rings. The number of piperazine rings is 1. The Morgan fingerprint density at radius 1 is 1.37 bits per heavy atom. The van der Waals surface area contributed by atoms with Gasteiger partial charge in [-0.3, -0.25) is 4.90 Å². The molecule has 19 heavy (non-hydrogen) atoms. The number of ether oxygens (including phenoxy) is 1. The van der Waals surface area contributed by atoms with Crippen molar-refractivity contribution in [2.45, 2.75) is 65.5 Å². The minimum absolute atomic E-state index is 0.281. The van der Waals surface area contributed by atoms with Crippen LogP contribution < -0.4 is 5.32 Å².